The summed E-state index contributed by atoms with van der Waals surface area (Å²) in [7, 11) is 0. The summed E-state index contributed by atoms with van der Waals surface area (Å²) in [6.45, 7) is 4.25. The second kappa shape index (κ2) is 5.09. The van der Waals surface area contributed by atoms with Gasteiger partial charge in [0.05, 0.1) is 5.02 Å². The van der Waals surface area contributed by atoms with Crippen molar-refractivity contribution >= 4 is 11.6 Å². The Bertz CT molecular complexity index is 593. The van der Waals surface area contributed by atoms with Crippen LogP contribution in [0.5, 0.6) is 0 Å². The lowest BCUT2D eigenvalue weighted by molar-refractivity contribution is 0.619. The van der Waals surface area contributed by atoms with Crippen molar-refractivity contribution in [1.82, 2.24) is 0 Å². The van der Waals surface area contributed by atoms with Crippen LogP contribution in [0.15, 0.2) is 30.3 Å². The van der Waals surface area contributed by atoms with Gasteiger partial charge in [-0.2, -0.15) is 0 Å². The first kappa shape index (κ1) is 13.1. The molecule has 2 rings (SSSR count). The summed E-state index contributed by atoms with van der Waals surface area (Å²) in [6.07, 6.45) is 0. The molecular formula is C15H15ClFN. The molecule has 0 aliphatic heterocycles. The van der Waals surface area contributed by atoms with Gasteiger partial charge in [0, 0.05) is 12.1 Å². The Morgan fingerprint density at radius 2 is 1.78 bits per heavy atom. The number of rotatable bonds is 2. The molecular weight excluding hydrogens is 249 g/mol. The Kier molecular flexibility index (Phi) is 3.69. The van der Waals surface area contributed by atoms with Crippen molar-refractivity contribution in [2.24, 2.45) is 5.73 Å². The van der Waals surface area contributed by atoms with Gasteiger partial charge in [-0.1, -0.05) is 29.8 Å². The SMILES string of the molecule is Cc1cc(-c2ccc(CN)cc2C)c(Cl)cc1F. The van der Waals surface area contributed by atoms with Gasteiger partial charge in [-0.05, 0) is 48.2 Å². The van der Waals surface area contributed by atoms with E-state index in [1.807, 2.05) is 25.1 Å². The topological polar surface area (TPSA) is 26.0 Å². The summed E-state index contributed by atoms with van der Waals surface area (Å²) in [5, 5.41) is 0.432. The van der Waals surface area contributed by atoms with Crippen LogP contribution in [0.3, 0.4) is 0 Å². The first-order valence-electron chi connectivity index (χ1n) is 5.78. The van der Waals surface area contributed by atoms with Crippen molar-refractivity contribution in [2.75, 3.05) is 0 Å². The molecule has 2 aromatic rings. The Labute approximate surface area is 111 Å². The van der Waals surface area contributed by atoms with Crippen molar-refractivity contribution in [3.05, 3.63) is 57.9 Å². The average molecular weight is 264 g/mol. The van der Waals surface area contributed by atoms with E-state index < -0.39 is 0 Å². The minimum Gasteiger partial charge on any atom is -0.326 e. The number of benzene rings is 2. The second-order valence-electron chi connectivity index (χ2n) is 4.43. The molecule has 18 heavy (non-hydrogen) atoms. The summed E-state index contributed by atoms with van der Waals surface area (Å²) < 4.78 is 13.4. The third kappa shape index (κ3) is 2.40. The molecule has 0 radical (unpaired) electrons. The zero-order chi connectivity index (χ0) is 13.3. The van der Waals surface area contributed by atoms with E-state index >= 15 is 0 Å². The molecule has 0 fully saturated rings. The fourth-order valence-electron chi connectivity index (χ4n) is 2.02. The number of hydrogen-bond donors (Lipinski definition) is 1. The maximum Gasteiger partial charge on any atom is 0.127 e. The largest absolute Gasteiger partial charge is 0.326 e. The van der Waals surface area contributed by atoms with Crippen LogP contribution in [0.4, 0.5) is 4.39 Å². The van der Waals surface area contributed by atoms with Gasteiger partial charge < -0.3 is 5.73 Å². The van der Waals surface area contributed by atoms with Crippen LogP contribution in [-0.4, -0.2) is 0 Å². The van der Waals surface area contributed by atoms with Crippen molar-refractivity contribution in [1.29, 1.82) is 0 Å². The Morgan fingerprint density at radius 1 is 1.06 bits per heavy atom. The lowest BCUT2D eigenvalue weighted by Crippen LogP contribution is -1.97. The summed E-state index contributed by atoms with van der Waals surface area (Å²) in [5.74, 6) is -0.278. The predicted molar refractivity (Wildman–Crippen MR) is 74.2 cm³/mol. The van der Waals surface area contributed by atoms with E-state index in [2.05, 4.69) is 0 Å². The van der Waals surface area contributed by atoms with E-state index in [1.165, 1.54) is 6.07 Å². The zero-order valence-corrected chi connectivity index (χ0v) is 11.2. The molecule has 1 nitrogen and oxygen atoms in total. The first-order valence-corrected chi connectivity index (χ1v) is 6.16. The normalized spacial score (nSPS) is 10.7. The van der Waals surface area contributed by atoms with Crippen LogP contribution in [0.2, 0.25) is 5.02 Å². The van der Waals surface area contributed by atoms with Gasteiger partial charge in [0.25, 0.3) is 0 Å². The number of aryl methyl sites for hydroxylation is 2. The number of nitrogens with two attached hydrogens (primary N) is 1. The molecule has 0 saturated heterocycles. The zero-order valence-electron chi connectivity index (χ0n) is 10.4. The monoisotopic (exact) mass is 263 g/mol. The molecule has 0 aliphatic rings. The highest BCUT2D eigenvalue weighted by atomic mass is 35.5. The van der Waals surface area contributed by atoms with E-state index in [1.54, 1.807) is 13.0 Å². The third-order valence-corrected chi connectivity index (χ3v) is 3.38. The van der Waals surface area contributed by atoms with Crippen LogP contribution < -0.4 is 5.73 Å². The summed E-state index contributed by atoms with van der Waals surface area (Å²) in [4.78, 5) is 0. The minimum atomic E-state index is -0.278. The fourth-order valence-corrected chi connectivity index (χ4v) is 2.27. The Morgan fingerprint density at radius 3 is 2.39 bits per heavy atom. The molecule has 0 atom stereocenters. The molecule has 94 valence electrons. The molecule has 3 heteroatoms. The van der Waals surface area contributed by atoms with Crippen LogP contribution in [0.1, 0.15) is 16.7 Å². The molecule has 0 aliphatic carbocycles. The predicted octanol–water partition coefficient (Wildman–Crippen LogP) is 4.22. The molecule has 0 bridgehead atoms. The summed E-state index contributed by atoms with van der Waals surface area (Å²) in [6, 6.07) is 9.13. The van der Waals surface area contributed by atoms with E-state index in [0.29, 0.717) is 17.1 Å². The standard InChI is InChI=1S/C15H15ClFN/c1-9-5-11(8-18)3-4-12(9)13-6-10(2)15(17)7-14(13)16/h3-7H,8,18H2,1-2H3. The highest BCUT2D eigenvalue weighted by molar-refractivity contribution is 6.33. The lowest BCUT2D eigenvalue weighted by Gasteiger charge is -2.11. The van der Waals surface area contributed by atoms with E-state index in [0.717, 1.165) is 22.3 Å². The van der Waals surface area contributed by atoms with Gasteiger partial charge in [-0.15, -0.1) is 0 Å². The third-order valence-electron chi connectivity index (χ3n) is 3.06. The lowest BCUT2D eigenvalue weighted by atomic mass is 9.97. The van der Waals surface area contributed by atoms with Gasteiger partial charge in [0.1, 0.15) is 5.82 Å². The van der Waals surface area contributed by atoms with Crippen LogP contribution in [-0.2, 0) is 6.54 Å². The highest BCUT2D eigenvalue weighted by Gasteiger charge is 2.10. The smallest absolute Gasteiger partial charge is 0.127 e. The molecule has 2 N–H and O–H groups in total. The molecule has 0 heterocycles. The molecule has 2 aromatic carbocycles. The maximum absolute atomic E-state index is 13.4. The second-order valence-corrected chi connectivity index (χ2v) is 4.84. The van der Waals surface area contributed by atoms with Gasteiger partial charge >= 0.3 is 0 Å². The molecule has 0 aromatic heterocycles. The van der Waals surface area contributed by atoms with Crippen molar-refractivity contribution in [3.63, 3.8) is 0 Å². The number of hydrogen-bond acceptors (Lipinski definition) is 1. The van der Waals surface area contributed by atoms with Gasteiger partial charge in [0.15, 0.2) is 0 Å². The average Bonchev–Trinajstić information content (AvgIpc) is 2.34. The van der Waals surface area contributed by atoms with E-state index in [9.17, 15) is 4.39 Å². The summed E-state index contributed by atoms with van der Waals surface area (Å²) in [5.41, 5.74) is 10.2. The van der Waals surface area contributed by atoms with Crippen molar-refractivity contribution in [2.45, 2.75) is 20.4 Å². The van der Waals surface area contributed by atoms with E-state index in [-0.39, 0.29) is 5.82 Å². The van der Waals surface area contributed by atoms with Crippen LogP contribution in [0, 0.1) is 19.7 Å². The molecule has 0 saturated carbocycles. The van der Waals surface area contributed by atoms with Gasteiger partial charge in [-0.25, -0.2) is 4.39 Å². The molecule has 0 unspecified atom stereocenters. The minimum absolute atomic E-state index is 0.278. The van der Waals surface area contributed by atoms with Crippen LogP contribution >= 0.6 is 11.6 Å². The van der Waals surface area contributed by atoms with Crippen LogP contribution in [0.25, 0.3) is 11.1 Å². The Balaban J connectivity index is 2.58. The quantitative estimate of drug-likeness (QED) is 0.862. The van der Waals surface area contributed by atoms with Crippen molar-refractivity contribution in [3.8, 4) is 11.1 Å². The highest BCUT2D eigenvalue weighted by Crippen LogP contribution is 2.32. The fraction of sp³-hybridized carbons (Fsp3) is 0.200. The van der Waals surface area contributed by atoms with Gasteiger partial charge in [0.2, 0.25) is 0 Å². The van der Waals surface area contributed by atoms with E-state index in [4.69, 9.17) is 17.3 Å². The summed E-state index contributed by atoms with van der Waals surface area (Å²) >= 11 is 6.12. The first-order chi connectivity index (χ1) is 8.52. The van der Waals surface area contributed by atoms with Gasteiger partial charge in [-0.3, -0.25) is 0 Å². The van der Waals surface area contributed by atoms with Crippen molar-refractivity contribution < 1.29 is 4.39 Å². The molecule has 0 amide bonds. The molecule has 0 spiro atoms. The Hall–Kier alpha value is -1.38. The maximum atomic E-state index is 13.4. The number of halogens is 2.